The monoisotopic (exact) mass is 422 g/mol. The minimum atomic E-state index is -0.784. The maximum absolute atomic E-state index is 14.6. The summed E-state index contributed by atoms with van der Waals surface area (Å²) in [4.78, 5) is 12.1. The van der Waals surface area contributed by atoms with Crippen molar-refractivity contribution < 1.29 is 28.0 Å². The van der Waals surface area contributed by atoms with E-state index in [1.54, 1.807) is 26.8 Å². The maximum Gasteiger partial charge on any atom is 0.492 e. The van der Waals surface area contributed by atoms with Crippen LogP contribution in [0.25, 0.3) is 6.08 Å². The number of amides is 1. The van der Waals surface area contributed by atoms with Gasteiger partial charge in [0.2, 0.25) is 0 Å². The first-order valence-corrected chi connectivity index (χ1v) is 9.81. The molecule has 30 heavy (non-hydrogen) atoms. The van der Waals surface area contributed by atoms with Crippen molar-refractivity contribution in [3.05, 3.63) is 29.0 Å². The van der Waals surface area contributed by atoms with Crippen LogP contribution in [0.3, 0.4) is 0 Å². The Morgan fingerprint density at radius 3 is 2.30 bits per heavy atom. The molecule has 0 unspecified atom stereocenters. The molecule has 1 saturated heterocycles. The number of carbonyl (C=O) groups is 1. The molecule has 1 fully saturated rings. The Labute approximate surface area is 178 Å². The summed E-state index contributed by atoms with van der Waals surface area (Å²) in [6.45, 7) is 13.0. The lowest BCUT2D eigenvalue weighted by Crippen LogP contribution is -2.41. The Bertz CT molecular complexity index is 817. The van der Waals surface area contributed by atoms with Crippen molar-refractivity contribution in [2.75, 3.05) is 19.4 Å². The Morgan fingerprint density at radius 1 is 1.23 bits per heavy atom. The third kappa shape index (κ3) is 5.67. The minimum absolute atomic E-state index is 0.0396. The molecular weight excluding hydrogens is 390 g/mol. The predicted octanol–water partition coefficient (Wildman–Crippen LogP) is 3.96. The summed E-state index contributed by atoms with van der Waals surface area (Å²) >= 11 is 0. The van der Waals surface area contributed by atoms with E-state index in [1.165, 1.54) is 19.2 Å². The van der Waals surface area contributed by atoms with Crippen LogP contribution in [0.5, 0.6) is 5.75 Å². The molecule has 0 aromatic heterocycles. The molecule has 0 aliphatic carbocycles. The quantitative estimate of drug-likeness (QED) is 0.552. The standard InChI is InChI=1S/C21H32BFN2O5/c1-19(2,3)28-18(26)25-12-14(22-29-20(4,5)21(6,7)30-22)9-13-10-17(27-8)16(24)11-15(13)23/h9-11H,12,24H2,1-8H3,(H,25,26). The zero-order valence-electron chi connectivity index (χ0n) is 19.0. The van der Waals surface area contributed by atoms with E-state index >= 15 is 0 Å². The molecule has 7 nitrogen and oxygen atoms in total. The van der Waals surface area contributed by atoms with Crippen LogP contribution in [0, 0.1) is 5.82 Å². The van der Waals surface area contributed by atoms with Gasteiger partial charge < -0.3 is 29.8 Å². The minimum Gasteiger partial charge on any atom is -0.495 e. The molecule has 3 N–H and O–H groups in total. The van der Waals surface area contributed by atoms with Crippen LogP contribution in [0.2, 0.25) is 0 Å². The van der Waals surface area contributed by atoms with E-state index in [9.17, 15) is 9.18 Å². The molecule has 2 rings (SSSR count). The summed E-state index contributed by atoms with van der Waals surface area (Å²) in [5.74, 6) is -0.185. The molecule has 1 aliphatic heterocycles. The highest BCUT2D eigenvalue weighted by atomic mass is 19.1. The molecule has 166 valence electrons. The van der Waals surface area contributed by atoms with Crippen molar-refractivity contribution in [3.63, 3.8) is 0 Å². The molecule has 0 atom stereocenters. The summed E-state index contributed by atoms with van der Waals surface area (Å²) in [5.41, 5.74) is 4.88. The number of ether oxygens (including phenoxy) is 2. The smallest absolute Gasteiger partial charge is 0.492 e. The van der Waals surface area contributed by atoms with E-state index < -0.39 is 35.8 Å². The van der Waals surface area contributed by atoms with Gasteiger partial charge in [-0.05, 0) is 60.0 Å². The molecule has 1 aromatic rings. The first-order chi connectivity index (χ1) is 13.6. The largest absolute Gasteiger partial charge is 0.495 e. The Kier molecular flexibility index (Phi) is 6.78. The molecule has 1 aromatic carbocycles. The average Bonchev–Trinajstić information content (AvgIpc) is 2.79. The highest BCUT2D eigenvalue weighted by Crippen LogP contribution is 2.39. The molecule has 0 spiro atoms. The number of nitrogens with one attached hydrogen (secondary N) is 1. The Balaban J connectivity index is 2.37. The van der Waals surface area contributed by atoms with Gasteiger partial charge in [-0.1, -0.05) is 6.08 Å². The first-order valence-electron chi connectivity index (χ1n) is 9.81. The third-order valence-electron chi connectivity index (χ3n) is 5.08. The van der Waals surface area contributed by atoms with Crippen molar-refractivity contribution in [2.24, 2.45) is 0 Å². The number of rotatable bonds is 5. The lowest BCUT2D eigenvalue weighted by Gasteiger charge is -2.32. The van der Waals surface area contributed by atoms with E-state index in [-0.39, 0.29) is 17.8 Å². The fraction of sp³-hybridized carbons (Fsp3) is 0.571. The topological polar surface area (TPSA) is 92.0 Å². The summed E-state index contributed by atoms with van der Waals surface area (Å²) < 4.78 is 37.2. The first kappa shape index (κ1) is 24.0. The van der Waals surface area contributed by atoms with Crippen LogP contribution in [0.4, 0.5) is 14.9 Å². The van der Waals surface area contributed by atoms with Gasteiger partial charge >= 0.3 is 13.2 Å². The number of carbonyl (C=O) groups excluding carboxylic acids is 1. The molecule has 1 amide bonds. The summed E-state index contributed by atoms with van der Waals surface area (Å²) in [6, 6.07) is 2.68. The number of halogens is 1. The lowest BCUT2D eigenvalue weighted by molar-refractivity contribution is 0.00578. The molecule has 0 radical (unpaired) electrons. The molecular formula is C21H32BFN2O5. The van der Waals surface area contributed by atoms with Gasteiger partial charge in [0.25, 0.3) is 0 Å². The van der Waals surface area contributed by atoms with Crippen LogP contribution in [0.1, 0.15) is 54.0 Å². The highest BCUT2D eigenvalue weighted by Gasteiger charge is 2.52. The summed E-state index contributed by atoms with van der Waals surface area (Å²) in [6.07, 6.45) is 0.969. The third-order valence-corrected chi connectivity index (χ3v) is 5.08. The van der Waals surface area contributed by atoms with Gasteiger partial charge in [0, 0.05) is 18.2 Å². The Morgan fingerprint density at radius 2 is 1.80 bits per heavy atom. The van der Waals surface area contributed by atoms with E-state index in [1.807, 2.05) is 27.7 Å². The van der Waals surface area contributed by atoms with Crippen LogP contribution in [0.15, 0.2) is 17.6 Å². The number of nitrogen functional groups attached to an aromatic ring is 1. The second kappa shape index (κ2) is 8.47. The number of hydrogen-bond acceptors (Lipinski definition) is 6. The maximum atomic E-state index is 14.6. The van der Waals surface area contributed by atoms with Crippen molar-refractivity contribution in [2.45, 2.75) is 65.3 Å². The van der Waals surface area contributed by atoms with Crippen molar-refractivity contribution in [1.29, 1.82) is 0 Å². The Hall–Kier alpha value is -2.26. The summed E-state index contributed by atoms with van der Waals surface area (Å²) in [5, 5.41) is 2.68. The highest BCUT2D eigenvalue weighted by molar-refractivity contribution is 6.56. The van der Waals surface area contributed by atoms with Crippen molar-refractivity contribution in [3.8, 4) is 5.75 Å². The van der Waals surface area contributed by atoms with Gasteiger partial charge in [0.05, 0.1) is 24.0 Å². The van der Waals surface area contributed by atoms with Crippen molar-refractivity contribution >= 4 is 25.0 Å². The van der Waals surface area contributed by atoms with Gasteiger partial charge in [-0.2, -0.15) is 0 Å². The number of nitrogens with two attached hydrogens (primary N) is 1. The second-order valence-electron chi connectivity index (χ2n) is 9.28. The van der Waals surface area contributed by atoms with Crippen LogP contribution in [-0.4, -0.2) is 43.7 Å². The van der Waals surface area contributed by atoms with E-state index in [4.69, 9.17) is 24.5 Å². The molecule has 0 bridgehead atoms. The van der Waals surface area contributed by atoms with E-state index in [0.717, 1.165) is 0 Å². The molecule has 0 saturated carbocycles. The zero-order chi connectivity index (χ0) is 22.9. The second-order valence-corrected chi connectivity index (χ2v) is 9.28. The van der Waals surface area contributed by atoms with Gasteiger partial charge in [-0.25, -0.2) is 9.18 Å². The number of benzene rings is 1. The van der Waals surface area contributed by atoms with Crippen LogP contribution in [-0.2, 0) is 14.0 Å². The number of hydrogen-bond donors (Lipinski definition) is 2. The lowest BCUT2D eigenvalue weighted by atomic mass is 9.77. The van der Waals surface area contributed by atoms with Crippen LogP contribution >= 0.6 is 0 Å². The predicted molar refractivity (Wildman–Crippen MR) is 116 cm³/mol. The fourth-order valence-corrected chi connectivity index (χ4v) is 2.76. The molecule has 9 heteroatoms. The van der Waals surface area contributed by atoms with Gasteiger partial charge in [-0.15, -0.1) is 0 Å². The SMILES string of the molecule is COc1cc(C=C(CNC(=O)OC(C)(C)C)B2OC(C)(C)C(C)(C)O2)c(F)cc1N. The summed E-state index contributed by atoms with van der Waals surface area (Å²) in [7, 11) is 0.670. The number of alkyl carbamates (subject to hydrolysis) is 1. The zero-order valence-corrected chi connectivity index (χ0v) is 19.0. The number of methoxy groups -OCH3 is 1. The van der Waals surface area contributed by atoms with Gasteiger partial charge in [-0.3, -0.25) is 0 Å². The average molecular weight is 422 g/mol. The number of anilines is 1. The van der Waals surface area contributed by atoms with Crippen LogP contribution < -0.4 is 15.8 Å². The van der Waals surface area contributed by atoms with E-state index in [0.29, 0.717) is 11.2 Å². The van der Waals surface area contributed by atoms with Gasteiger partial charge in [0.1, 0.15) is 17.2 Å². The van der Waals surface area contributed by atoms with Crippen molar-refractivity contribution in [1.82, 2.24) is 5.32 Å². The van der Waals surface area contributed by atoms with E-state index in [2.05, 4.69) is 5.32 Å². The van der Waals surface area contributed by atoms with Gasteiger partial charge in [0.15, 0.2) is 0 Å². The molecule has 1 aliphatic rings. The fourth-order valence-electron chi connectivity index (χ4n) is 2.76. The normalized spacial score (nSPS) is 18.3. The molecule has 1 heterocycles.